The van der Waals surface area contributed by atoms with E-state index in [2.05, 4.69) is 27.6 Å². The van der Waals surface area contributed by atoms with Gasteiger partial charge in [0.25, 0.3) is 5.56 Å². The number of aromatic nitrogens is 2. The molecule has 1 aromatic heterocycles. The summed E-state index contributed by atoms with van der Waals surface area (Å²) in [5.41, 5.74) is 0.650. The highest BCUT2D eigenvalue weighted by Crippen LogP contribution is 2.33. The zero-order valence-corrected chi connectivity index (χ0v) is 16.7. The Morgan fingerprint density at radius 1 is 1.21 bits per heavy atom. The molecule has 28 heavy (non-hydrogen) atoms. The Labute approximate surface area is 168 Å². The Kier molecular flexibility index (Phi) is 5.41. The SMILES string of the molecule is C=c1[nH]n(-c2cccc(C(=O)[O-])c2)c(=O)/c1=C/c1cc(OC)c(OC)cc1Br. The van der Waals surface area contributed by atoms with Crippen molar-refractivity contribution in [3.63, 3.8) is 0 Å². The lowest BCUT2D eigenvalue weighted by molar-refractivity contribution is -0.255. The van der Waals surface area contributed by atoms with E-state index in [1.807, 2.05) is 0 Å². The highest BCUT2D eigenvalue weighted by atomic mass is 79.9. The van der Waals surface area contributed by atoms with Crippen molar-refractivity contribution in [3.8, 4) is 17.2 Å². The largest absolute Gasteiger partial charge is 0.545 e. The molecule has 0 atom stereocenters. The fourth-order valence-corrected chi connectivity index (χ4v) is 3.17. The maximum absolute atomic E-state index is 12.9. The molecule has 0 aliphatic heterocycles. The van der Waals surface area contributed by atoms with Gasteiger partial charge in [0.1, 0.15) is 0 Å². The summed E-state index contributed by atoms with van der Waals surface area (Å²) in [4.78, 5) is 24.0. The topological polar surface area (TPSA) is 96.4 Å². The number of nitrogens with one attached hydrogen (secondary N) is 1. The van der Waals surface area contributed by atoms with Crippen LogP contribution < -0.4 is 30.7 Å². The standard InChI is InChI=1S/C20H17BrN2O5/c1-11-15(8-13-9-17(27-2)18(28-3)10-16(13)21)19(24)23(22-11)14-6-4-5-12(7-14)20(25)26/h4-10,22H,1H2,2-3H3,(H,25,26)/p-1/b15-8+. The van der Waals surface area contributed by atoms with E-state index in [0.29, 0.717) is 37.8 Å². The maximum Gasteiger partial charge on any atom is 0.279 e. The maximum atomic E-state index is 12.9. The lowest BCUT2D eigenvalue weighted by atomic mass is 10.1. The van der Waals surface area contributed by atoms with Crippen LogP contribution in [0.25, 0.3) is 18.3 Å². The van der Waals surface area contributed by atoms with E-state index in [1.165, 1.54) is 37.1 Å². The Morgan fingerprint density at radius 3 is 2.54 bits per heavy atom. The first-order valence-corrected chi connectivity index (χ1v) is 8.90. The quantitative estimate of drug-likeness (QED) is 0.620. The van der Waals surface area contributed by atoms with Crippen molar-refractivity contribution in [1.82, 2.24) is 9.78 Å². The van der Waals surface area contributed by atoms with Crippen LogP contribution in [0.2, 0.25) is 0 Å². The molecule has 144 valence electrons. The molecule has 7 nitrogen and oxygen atoms in total. The zero-order valence-electron chi connectivity index (χ0n) is 15.1. The summed E-state index contributed by atoms with van der Waals surface area (Å²) < 4.78 is 12.5. The molecule has 0 spiro atoms. The minimum Gasteiger partial charge on any atom is -0.545 e. The van der Waals surface area contributed by atoms with Gasteiger partial charge in [-0.25, -0.2) is 4.68 Å². The summed E-state index contributed by atoms with van der Waals surface area (Å²) in [5.74, 6) is -0.260. The van der Waals surface area contributed by atoms with E-state index >= 15 is 0 Å². The lowest BCUT2D eigenvalue weighted by Crippen LogP contribution is -2.34. The van der Waals surface area contributed by atoms with Crippen molar-refractivity contribution >= 4 is 34.6 Å². The van der Waals surface area contributed by atoms with Gasteiger partial charge in [-0.3, -0.25) is 9.89 Å². The van der Waals surface area contributed by atoms with Crippen molar-refractivity contribution in [2.45, 2.75) is 0 Å². The van der Waals surface area contributed by atoms with Gasteiger partial charge in [0.2, 0.25) is 0 Å². The second-order valence-electron chi connectivity index (χ2n) is 5.86. The van der Waals surface area contributed by atoms with Crippen LogP contribution in [0, 0.1) is 0 Å². The van der Waals surface area contributed by atoms with Crippen LogP contribution in [0.15, 0.2) is 45.7 Å². The third kappa shape index (κ3) is 3.59. The molecule has 0 radical (unpaired) electrons. The number of H-pyrrole nitrogens is 1. The van der Waals surface area contributed by atoms with Gasteiger partial charge in [-0.05, 0) is 41.5 Å². The number of aromatic amines is 1. The predicted molar refractivity (Wildman–Crippen MR) is 106 cm³/mol. The van der Waals surface area contributed by atoms with Crippen LogP contribution in [0.1, 0.15) is 15.9 Å². The monoisotopic (exact) mass is 443 g/mol. The molecule has 1 N–H and O–H groups in total. The van der Waals surface area contributed by atoms with Gasteiger partial charge in [-0.2, -0.15) is 0 Å². The van der Waals surface area contributed by atoms with Gasteiger partial charge in [0.05, 0.1) is 36.4 Å². The first-order chi connectivity index (χ1) is 13.3. The Morgan fingerprint density at radius 2 is 1.89 bits per heavy atom. The van der Waals surface area contributed by atoms with Crippen molar-refractivity contribution in [1.29, 1.82) is 0 Å². The van der Waals surface area contributed by atoms with Gasteiger partial charge >= 0.3 is 0 Å². The number of benzene rings is 2. The third-order valence-corrected chi connectivity index (χ3v) is 4.83. The Hall–Kier alpha value is -3.26. The van der Waals surface area contributed by atoms with Crippen LogP contribution in [0.3, 0.4) is 0 Å². The van der Waals surface area contributed by atoms with Crippen LogP contribution in [0.5, 0.6) is 11.5 Å². The average molecular weight is 444 g/mol. The number of aromatic carboxylic acids is 1. The number of hydrogen-bond donors (Lipinski definition) is 1. The third-order valence-electron chi connectivity index (χ3n) is 4.15. The molecule has 2 aromatic carbocycles. The number of methoxy groups -OCH3 is 2. The van der Waals surface area contributed by atoms with Crippen molar-refractivity contribution < 1.29 is 19.4 Å². The van der Waals surface area contributed by atoms with Gasteiger partial charge < -0.3 is 19.4 Å². The summed E-state index contributed by atoms with van der Waals surface area (Å²) in [6.07, 6.45) is 1.66. The Bertz CT molecular complexity index is 1230. The number of nitrogens with zero attached hydrogens (tertiary/aromatic N) is 1. The highest BCUT2D eigenvalue weighted by Gasteiger charge is 2.10. The van der Waals surface area contributed by atoms with E-state index in [-0.39, 0.29) is 11.1 Å². The molecular formula is C20H16BrN2O5-. The molecule has 8 heteroatoms. The normalized spacial score (nSPS) is 11.5. The first-order valence-electron chi connectivity index (χ1n) is 8.10. The highest BCUT2D eigenvalue weighted by molar-refractivity contribution is 9.10. The second kappa shape index (κ2) is 7.77. The number of carbonyl (C=O) groups is 1. The average Bonchev–Trinajstić information content (AvgIpc) is 2.97. The summed E-state index contributed by atoms with van der Waals surface area (Å²) in [5, 5.41) is 14.6. The molecule has 0 aliphatic carbocycles. The van der Waals surface area contributed by atoms with Gasteiger partial charge in [-0.15, -0.1) is 0 Å². The van der Waals surface area contributed by atoms with E-state index in [1.54, 1.807) is 24.3 Å². The molecule has 0 unspecified atom stereocenters. The van der Waals surface area contributed by atoms with Crippen LogP contribution in [-0.2, 0) is 0 Å². The number of carboxylic acid groups (broad SMARTS) is 1. The molecule has 3 aromatic rings. The molecule has 0 amide bonds. The van der Waals surface area contributed by atoms with Crippen LogP contribution in [-0.4, -0.2) is 30.0 Å². The van der Waals surface area contributed by atoms with E-state index in [0.717, 1.165) is 0 Å². The summed E-state index contributed by atoms with van der Waals surface area (Å²) in [7, 11) is 3.06. The number of ether oxygens (including phenoxy) is 2. The molecule has 1 heterocycles. The first kappa shape index (κ1) is 19.5. The fourth-order valence-electron chi connectivity index (χ4n) is 2.73. The number of carboxylic acids is 1. The Balaban J connectivity index is 2.19. The zero-order chi connectivity index (χ0) is 20.4. The van der Waals surface area contributed by atoms with E-state index < -0.39 is 5.97 Å². The number of rotatable bonds is 5. The summed E-state index contributed by atoms with van der Waals surface area (Å²) in [6, 6.07) is 9.36. The van der Waals surface area contributed by atoms with Crippen molar-refractivity contribution in [2.24, 2.45) is 0 Å². The number of halogens is 1. The number of hydrogen-bond acceptors (Lipinski definition) is 5. The molecule has 0 fully saturated rings. The predicted octanol–water partition coefficient (Wildman–Crippen LogP) is 0.548. The lowest BCUT2D eigenvalue weighted by Gasteiger charge is -2.09. The summed E-state index contributed by atoms with van der Waals surface area (Å²) in [6.45, 7) is 3.88. The van der Waals surface area contributed by atoms with E-state index in [4.69, 9.17) is 9.47 Å². The van der Waals surface area contributed by atoms with Gasteiger partial charge in [-0.1, -0.05) is 34.6 Å². The smallest absolute Gasteiger partial charge is 0.279 e. The molecular weight excluding hydrogens is 428 g/mol. The molecule has 0 aliphatic rings. The van der Waals surface area contributed by atoms with Crippen LogP contribution >= 0.6 is 15.9 Å². The molecule has 0 bridgehead atoms. The minimum atomic E-state index is -1.32. The fraction of sp³-hybridized carbons (Fsp3) is 0.100. The van der Waals surface area contributed by atoms with Crippen molar-refractivity contribution in [3.05, 3.63) is 72.9 Å². The second-order valence-corrected chi connectivity index (χ2v) is 6.71. The van der Waals surface area contributed by atoms with Crippen LogP contribution in [0.4, 0.5) is 0 Å². The minimum absolute atomic E-state index is 0.0298. The van der Waals surface area contributed by atoms with Gasteiger partial charge in [0.15, 0.2) is 11.5 Å². The summed E-state index contributed by atoms with van der Waals surface area (Å²) >= 11 is 3.46. The van der Waals surface area contributed by atoms with Crippen molar-refractivity contribution in [2.75, 3.05) is 14.2 Å². The van der Waals surface area contributed by atoms with E-state index in [9.17, 15) is 14.7 Å². The molecule has 3 rings (SSSR count). The van der Waals surface area contributed by atoms with Gasteiger partial charge in [0, 0.05) is 4.47 Å². The molecule has 0 saturated carbocycles. The number of carbonyl (C=O) groups excluding carboxylic acids is 1. The molecule has 0 saturated heterocycles.